The van der Waals surface area contributed by atoms with Crippen molar-refractivity contribution in [1.82, 2.24) is 0 Å². The zero-order chi connectivity index (χ0) is 34.5. The molecule has 1 saturated heterocycles. The van der Waals surface area contributed by atoms with Crippen LogP contribution in [-0.2, 0) is 15.8 Å². The minimum Gasteiger partial charge on any atom is -0.472 e. The van der Waals surface area contributed by atoms with Crippen molar-refractivity contribution < 1.29 is 18.3 Å². The van der Waals surface area contributed by atoms with E-state index in [4.69, 9.17) is 9.47 Å². The molecule has 250 valence electrons. The number of morpholine rings is 1. The van der Waals surface area contributed by atoms with Crippen LogP contribution in [-0.4, -0.2) is 26.3 Å². The van der Waals surface area contributed by atoms with E-state index < -0.39 is 11.0 Å². The van der Waals surface area contributed by atoms with E-state index in [1.807, 2.05) is 12.1 Å². The van der Waals surface area contributed by atoms with Crippen molar-refractivity contribution in [3.05, 3.63) is 161 Å². The SMILES string of the molecule is CC1(C)c2cc(F)ccc2-c2c1c1c(c3cc(F)ccc23)OC(c2ccc(N3CCOCC3)cc2)(c2ccc3ccc4ccccc4c3c2)C=C1. The van der Waals surface area contributed by atoms with Crippen molar-refractivity contribution >= 4 is 44.1 Å². The second-order valence-electron chi connectivity index (χ2n) is 14.5. The molecule has 0 N–H and O–H groups in total. The topological polar surface area (TPSA) is 21.7 Å². The molecule has 0 radical (unpaired) electrons. The van der Waals surface area contributed by atoms with E-state index in [2.05, 4.69) is 110 Å². The Balaban J connectivity index is 1.24. The maximum absolute atomic E-state index is 15.3. The van der Waals surface area contributed by atoms with Gasteiger partial charge in [0.15, 0.2) is 5.60 Å². The van der Waals surface area contributed by atoms with Crippen LogP contribution in [0.4, 0.5) is 14.5 Å². The maximum atomic E-state index is 15.3. The van der Waals surface area contributed by atoms with Gasteiger partial charge in [0.25, 0.3) is 0 Å². The second kappa shape index (κ2) is 11.0. The normalized spacial score (nSPS) is 18.9. The molecule has 2 aliphatic heterocycles. The lowest BCUT2D eigenvalue weighted by Crippen LogP contribution is -2.37. The van der Waals surface area contributed by atoms with Crippen LogP contribution in [0.2, 0.25) is 0 Å². The molecule has 51 heavy (non-hydrogen) atoms. The fraction of sp³-hybridized carbons (Fsp3) is 0.174. The first kappa shape index (κ1) is 30.3. The number of nitrogens with zero attached hydrogens (tertiary/aromatic N) is 1. The smallest absolute Gasteiger partial charge is 0.178 e. The summed E-state index contributed by atoms with van der Waals surface area (Å²) in [6.07, 6.45) is 4.33. The zero-order valence-electron chi connectivity index (χ0n) is 28.5. The van der Waals surface area contributed by atoms with Gasteiger partial charge in [0, 0.05) is 46.3 Å². The number of anilines is 1. The first-order chi connectivity index (χ1) is 24.8. The second-order valence-corrected chi connectivity index (χ2v) is 14.5. The van der Waals surface area contributed by atoms with Crippen LogP contribution in [0.25, 0.3) is 49.5 Å². The summed E-state index contributed by atoms with van der Waals surface area (Å²) in [4.78, 5) is 2.34. The third-order valence-corrected chi connectivity index (χ3v) is 11.4. The van der Waals surface area contributed by atoms with Gasteiger partial charge in [0.05, 0.1) is 13.2 Å². The summed E-state index contributed by atoms with van der Waals surface area (Å²) in [7, 11) is 0. The van der Waals surface area contributed by atoms with Crippen LogP contribution >= 0.6 is 0 Å². The first-order valence-electron chi connectivity index (χ1n) is 17.7. The molecule has 0 bridgehead atoms. The average molecular weight is 672 g/mol. The molecule has 2 heterocycles. The summed E-state index contributed by atoms with van der Waals surface area (Å²) in [5, 5.41) is 6.22. The Morgan fingerprint density at radius 2 is 1.35 bits per heavy atom. The fourth-order valence-corrected chi connectivity index (χ4v) is 8.88. The third-order valence-electron chi connectivity index (χ3n) is 11.4. The van der Waals surface area contributed by atoms with Crippen molar-refractivity contribution in [2.75, 3.05) is 31.2 Å². The predicted octanol–water partition coefficient (Wildman–Crippen LogP) is 10.9. The molecule has 1 fully saturated rings. The lowest BCUT2D eigenvalue weighted by molar-refractivity contribution is 0.122. The van der Waals surface area contributed by atoms with E-state index in [0.717, 1.165) is 73.9 Å². The molecule has 1 aliphatic carbocycles. The molecule has 5 heteroatoms. The van der Waals surface area contributed by atoms with E-state index in [1.165, 1.54) is 22.9 Å². The quantitative estimate of drug-likeness (QED) is 0.175. The number of hydrogen-bond donors (Lipinski definition) is 0. The zero-order valence-corrected chi connectivity index (χ0v) is 28.5. The lowest BCUT2D eigenvalue weighted by Gasteiger charge is -2.39. The Labute approximate surface area is 295 Å². The average Bonchev–Trinajstić information content (AvgIpc) is 3.40. The van der Waals surface area contributed by atoms with Crippen LogP contribution < -0.4 is 9.64 Å². The molecule has 7 aromatic rings. The van der Waals surface area contributed by atoms with Gasteiger partial charge in [-0.1, -0.05) is 92.7 Å². The molecular formula is C46H35F2NO2. The van der Waals surface area contributed by atoms with Crippen molar-refractivity contribution in [1.29, 1.82) is 0 Å². The third kappa shape index (κ3) is 4.44. The molecule has 3 aliphatic rings. The number of rotatable bonds is 3. The minimum absolute atomic E-state index is 0.269. The van der Waals surface area contributed by atoms with Crippen molar-refractivity contribution in [2.24, 2.45) is 0 Å². The highest BCUT2D eigenvalue weighted by atomic mass is 19.1. The van der Waals surface area contributed by atoms with E-state index in [0.29, 0.717) is 24.3 Å². The Bertz CT molecular complexity index is 2600. The molecule has 0 amide bonds. The van der Waals surface area contributed by atoms with Crippen LogP contribution in [0, 0.1) is 11.6 Å². The molecule has 0 spiro atoms. The largest absolute Gasteiger partial charge is 0.472 e. The fourth-order valence-electron chi connectivity index (χ4n) is 8.88. The highest BCUT2D eigenvalue weighted by Gasteiger charge is 2.44. The summed E-state index contributed by atoms with van der Waals surface area (Å²) in [6, 6.07) is 38.0. The number of fused-ring (bicyclic) bond motifs is 11. The number of halogens is 2. The summed E-state index contributed by atoms with van der Waals surface area (Å²) in [5.41, 5.74) is 6.40. The Kier molecular flexibility index (Phi) is 6.53. The number of hydrogen-bond acceptors (Lipinski definition) is 3. The number of ether oxygens (including phenoxy) is 2. The summed E-state index contributed by atoms with van der Waals surface area (Å²) in [6.45, 7) is 7.39. The highest BCUT2D eigenvalue weighted by molar-refractivity contribution is 6.09. The van der Waals surface area contributed by atoms with Crippen LogP contribution in [0.1, 0.15) is 41.7 Å². The standard InChI is InChI=1S/C46H35F2NO2/c1-45(2)41-27-33(48)14-18-37(41)42-36-17-13-32(47)26-40(36)44-38(43(42)45)19-20-46(51-44,30-11-15-34(16-12-30)49-21-23-50-24-22-49)31-10-9-29-8-7-28-5-3-4-6-35(28)39(29)25-31/h3-20,25-27H,21-24H2,1-2H3. The van der Waals surface area contributed by atoms with Gasteiger partial charge >= 0.3 is 0 Å². The Morgan fingerprint density at radius 3 is 2.18 bits per heavy atom. The molecule has 10 rings (SSSR count). The number of benzene rings is 7. The molecule has 0 aromatic heterocycles. The van der Waals surface area contributed by atoms with E-state index >= 15 is 4.39 Å². The molecule has 1 atom stereocenters. The van der Waals surface area contributed by atoms with Gasteiger partial charge in [-0.05, 0) is 97.7 Å². The van der Waals surface area contributed by atoms with E-state index in [9.17, 15) is 4.39 Å². The molecule has 1 unspecified atom stereocenters. The van der Waals surface area contributed by atoms with Crippen LogP contribution in [0.3, 0.4) is 0 Å². The van der Waals surface area contributed by atoms with Gasteiger partial charge < -0.3 is 14.4 Å². The molecule has 0 saturated carbocycles. The van der Waals surface area contributed by atoms with Gasteiger partial charge in [-0.15, -0.1) is 0 Å². The van der Waals surface area contributed by atoms with Crippen molar-refractivity contribution in [3.63, 3.8) is 0 Å². The highest BCUT2D eigenvalue weighted by Crippen LogP contribution is 2.58. The van der Waals surface area contributed by atoms with Crippen molar-refractivity contribution in [2.45, 2.75) is 24.9 Å². The van der Waals surface area contributed by atoms with E-state index in [1.54, 1.807) is 12.1 Å². The van der Waals surface area contributed by atoms with Crippen LogP contribution in [0.5, 0.6) is 5.75 Å². The summed E-state index contributed by atoms with van der Waals surface area (Å²) in [5.74, 6) is 0.0217. The Morgan fingerprint density at radius 1 is 0.647 bits per heavy atom. The van der Waals surface area contributed by atoms with Crippen molar-refractivity contribution in [3.8, 4) is 16.9 Å². The summed E-state index contributed by atoms with van der Waals surface area (Å²) >= 11 is 0. The maximum Gasteiger partial charge on any atom is 0.178 e. The molecule has 7 aromatic carbocycles. The molecule has 3 nitrogen and oxygen atoms in total. The predicted molar refractivity (Wildman–Crippen MR) is 203 cm³/mol. The van der Waals surface area contributed by atoms with Gasteiger partial charge in [-0.2, -0.15) is 0 Å². The lowest BCUT2D eigenvalue weighted by atomic mass is 9.76. The summed E-state index contributed by atoms with van der Waals surface area (Å²) < 4.78 is 43.2. The van der Waals surface area contributed by atoms with Gasteiger partial charge in [-0.3, -0.25) is 0 Å². The minimum atomic E-state index is -1.03. The van der Waals surface area contributed by atoms with E-state index in [-0.39, 0.29) is 11.6 Å². The van der Waals surface area contributed by atoms with Gasteiger partial charge in [0.1, 0.15) is 17.4 Å². The van der Waals surface area contributed by atoms with Gasteiger partial charge in [-0.25, -0.2) is 8.78 Å². The van der Waals surface area contributed by atoms with Gasteiger partial charge in [0.2, 0.25) is 0 Å². The first-order valence-corrected chi connectivity index (χ1v) is 17.7. The Hall–Kier alpha value is -5.52. The molecular weight excluding hydrogens is 637 g/mol. The monoisotopic (exact) mass is 671 g/mol. The van der Waals surface area contributed by atoms with Crippen LogP contribution in [0.15, 0.2) is 121 Å².